The third-order valence-corrected chi connectivity index (χ3v) is 3.89. The minimum absolute atomic E-state index is 0.0223. The van der Waals surface area contributed by atoms with Crippen molar-refractivity contribution >= 4 is 40.6 Å². The number of hydrogen-bond donors (Lipinski definition) is 2. The predicted molar refractivity (Wildman–Crippen MR) is 94.2 cm³/mol. The van der Waals surface area contributed by atoms with E-state index in [1.54, 1.807) is 42.5 Å². The van der Waals surface area contributed by atoms with Gasteiger partial charge < -0.3 is 15.4 Å². The Morgan fingerprint density at radius 1 is 1.12 bits per heavy atom. The van der Waals surface area contributed by atoms with Gasteiger partial charge in [0.2, 0.25) is 5.91 Å². The summed E-state index contributed by atoms with van der Waals surface area (Å²) in [6, 6.07) is 11.5. The van der Waals surface area contributed by atoms with Crippen LogP contribution in [0.1, 0.15) is 23.2 Å². The fourth-order valence-electron chi connectivity index (χ4n) is 2.39. The number of ether oxygens (including phenoxy) is 1. The van der Waals surface area contributed by atoms with Gasteiger partial charge in [-0.05, 0) is 42.5 Å². The average Bonchev–Trinajstić information content (AvgIpc) is 2.60. The first-order valence-corrected chi connectivity index (χ1v) is 8.04. The third kappa shape index (κ3) is 4.36. The van der Waals surface area contributed by atoms with E-state index in [4.69, 9.17) is 16.3 Å². The van der Waals surface area contributed by atoms with Crippen LogP contribution in [0.15, 0.2) is 42.5 Å². The number of anilines is 2. The number of Topliss-reactive ketones (excluding diaryl/α,β-unsaturated/α-hetero) is 1. The van der Waals surface area contributed by atoms with Gasteiger partial charge in [0, 0.05) is 29.1 Å². The first kappa shape index (κ1) is 17.0. The highest BCUT2D eigenvalue weighted by Gasteiger charge is 2.16. The van der Waals surface area contributed by atoms with Crippen molar-refractivity contribution in [1.82, 2.24) is 0 Å². The van der Waals surface area contributed by atoms with Gasteiger partial charge in [0.15, 0.2) is 12.4 Å². The summed E-state index contributed by atoms with van der Waals surface area (Å²) in [6.45, 7) is -0.0223. The first-order valence-electron chi connectivity index (χ1n) is 7.66. The highest BCUT2D eigenvalue weighted by atomic mass is 35.5. The summed E-state index contributed by atoms with van der Waals surface area (Å²) in [4.78, 5) is 35.4. The second kappa shape index (κ2) is 7.36. The van der Waals surface area contributed by atoms with Crippen molar-refractivity contribution in [3.63, 3.8) is 0 Å². The van der Waals surface area contributed by atoms with Gasteiger partial charge in [-0.3, -0.25) is 14.4 Å². The smallest absolute Gasteiger partial charge is 0.262 e. The fraction of sp³-hybridized carbons (Fsp3) is 0.167. The number of ketones is 1. The zero-order chi connectivity index (χ0) is 17.8. The number of nitrogens with one attached hydrogen (secondary N) is 2. The molecule has 1 heterocycles. The largest absolute Gasteiger partial charge is 0.482 e. The van der Waals surface area contributed by atoms with Gasteiger partial charge in [0.1, 0.15) is 5.75 Å². The van der Waals surface area contributed by atoms with E-state index < -0.39 is 0 Å². The van der Waals surface area contributed by atoms with Gasteiger partial charge in [0.05, 0.1) is 5.69 Å². The monoisotopic (exact) mass is 358 g/mol. The molecule has 2 aromatic rings. The molecule has 1 aliphatic heterocycles. The van der Waals surface area contributed by atoms with E-state index in [-0.39, 0.29) is 37.0 Å². The standard InChI is InChI=1S/C18H15ClN2O4/c19-12-3-1-11(2-4-12)15(22)6-8-17(23)20-13-5-7-16-14(9-13)21-18(24)10-25-16/h1-5,7,9H,6,8,10H2,(H,20,23)(H,21,24). The Bertz CT molecular complexity index is 833. The van der Waals surface area contributed by atoms with E-state index in [1.165, 1.54) is 0 Å². The molecule has 128 valence electrons. The van der Waals surface area contributed by atoms with Crippen molar-refractivity contribution in [3.05, 3.63) is 53.1 Å². The lowest BCUT2D eigenvalue weighted by atomic mass is 10.1. The van der Waals surface area contributed by atoms with E-state index >= 15 is 0 Å². The number of rotatable bonds is 5. The topological polar surface area (TPSA) is 84.5 Å². The molecule has 0 atom stereocenters. The maximum absolute atomic E-state index is 12.1. The summed E-state index contributed by atoms with van der Waals surface area (Å²) in [5.74, 6) is -0.108. The molecular formula is C18H15ClN2O4. The molecule has 0 radical (unpaired) electrons. The fourth-order valence-corrected chi connectivity index (χ4v) is 2.52. The summed E-state index contributed by atoms with van der Waals surface area (Å²) in [6.07, 6.45) is 0.152. The van der Waals surface area contributed by atoms with E-state index in [0.29, 0.717) is 27.7 Å². The second-order valence-corrected chi connectivity index (χ2v) is 5.96. The molecule has 0 aromatic heterocycles. The quantitative estimate of drug-likeness (QED) is 0.803. The molecule has 3 rings (SSSR count). The van der Waals surface area contributed by atoms with Gasteiger partial charge in [-0.2, -0.15) is 0 Å². The molecule has 7 heteroatoms. The number of halogens is 1. The van der Waals surface area contributed by atoms with Crippen LogP contribution < -0.4 is 15.4 Å². The molecule has 0 saturated carbocycles. The van der Waals surface area contributed by atoms with Crippen LogP contribution in [0.4, 0.5) is 11.4 Å². The van der Waals surface area contributed by atoms with Crippen LogP contribution in [0.5, 0.6) is 5.75 Å². The number of benzene rings is 2. The Morgan fingerprint density at radius 2 is 1.88 bits per heavy atom. The van der Waals surface area contributed by atoms with E-state index in [1.807, 2.05) is 0 Å². The molecule has 6 nitrogen and oxygen atoms in total. The molecular weight excluding hydrogens is 344 g/mol. The molecule has 1 aliphatic rings. The van der Waals surface area contributed by atoms with Crippen LogP contribution in [0.2, 0.25) is 5.02 Å². The Hall–Kier alpha value is -2.86. The van der Waals surface area contributed by atoms with Crippen LogP contribution >= 0.6 is 11.6 Å². The summed E-state index contributed by atoms with van der Waals surface area (Å²) in [5.41, 5.74) is 1.55. The SMILES string of the molecule is O=C(CCC(=O)c1ccc(Cl)cc1)Nc1ccc2c(c1)NC(=O)CO2. The number of hydrogen-bond acceptors (Lipinski definition) is 4. The normalized spacial score (nSPS) is 12.6. The maximum atomic E-state index is 12.1. The lowest BCUT2D eigenvalue weighted by Gasteiger charge is -2.18. The van der Waals surface area contributed by atoms with Gasteiger partial charge in [-0.15, -0.1) is 0 Å². The number of carbonyl (C=O) groups is 3. The van der Waals surface area contributed by atoms with Crippen molar-refractivity contribution in [2.75, 3.05) is 17.2 Å². The third-order valence-electron chi connectivity index (χ3n) is 3.64. The van der Waals surface area contributed by atoms with Crippen molar-refractivity contribution in [2.45, 2.75) is 12.8 Å². The molecule has 25 heavy (non-hydrogen) atoms. The van der Waals surface area contributed by atoms with Gasteiger partial charge >= 0.3 is 0 Å². The highest BCUT2D eigenvalue weighted by Crippen LogP contribution is 2.30. The van der Waals surface area contributed by atoms with Crippen LogP contribution in [0, 0.1) is 0 Å². The molecule has 2 N–H and O–H groups in total. The van der Waals surface area contributed by atoms with Crippen molar-refractivity contribution in [3.8, 4) is 5.75 Å². The summed E-state index contributed by atoms with van der Waals surface area (Å²) in [7, 11) is 0. The maximum Gasteiger partial charge on any atom is 0.262 e. The Morgan fingerprint density at radius 3 is 2.64 bits per heavy atom. The number of carbonyl (C=O) groups excluding carboxylic acids is 3. The minimum Gasteiger partial charge on any atom is -0.482 e. The minimum atomic E-state index is -0.287. The molecule has 0 saturated heterocycles. The van der Waals surface area contributed by atoms with Crippen molar-refractivity contribution in [2.24, 2.45) is 0 Å². The molecule has 0 aliphatic carbocycles. The van der Waals surface area contributed by atoms with E-state index in [0.717, 1.165) is 0 Å². The molecule has 0 unspecified atom stereocenters. The van der Waals surface area contributed by atoms with Crippen LogP contribution in [0.3, 0.4) is 0 Å². The zero-order valence-electron chi connectivity index (χ0n) is 13.2. The summed E-state index contributed by atoms with van der Waals surface area (Å²) < 4.78 is 5.25. The van der Waals surface area contributed by atoms with Gasteiger partial charge in [0.25, 0.3) is 5.91 Å². The second-order valence-electron chi connectivity index (χ2n) is 5.53. The lowest BCUT2D eigenvalue weighted by molar-refractivity contribution is -0.118. The highest BCUT2D eigenvalue weighted by molar-refractivity contribution is 6.30. The van der Waals surface area contributed by atoms with E-state index in [2.05, 4.69) is 10.6 Å². The Balaban J connectivity index is 1.56. The zero-order valence-corrected chi connectivity index (χ0v) is 13.9. The molecule has 0 fully saturated rings. The molecule has 2 amide bonds. The Kier molecular flexibility index (Phi) is 5.00. The van der Waals surface area contributed by atoms with Gasteiger partial charge in [-0.25, -0.2) is 0 Å². The molecule has 2 aromatic carbocycles. The Labute approximate surface area is 149 Å². The van der Waals surface area contributed by atoms with Crippen molar-refractivity contribution in [1.29, 1.82) is 0 Å². The lowest BCUT2D eigenvalue weighted by Crippen LogP contribution is -2.25. The molecule has 0 spiro atoms. The van der Waals surface area contributed by atoms with Crippen LogP contribution in [-0.4, -0.2) is 24.2 Å². The predicted octanol–water partition coefficient (Wildman–Crippen LogP) is 3.27. The van der Waals surface area contributed by atoms with Gasteiger partial charge in [-0.1, -0.05) is 11.6 Å². The van der Waals surface area contributed by atoms with Crippen molar-refractivity contribution < 1.29 is 19.1 Å². The number of amides is 2. The number of fused-ring (bicyclic) bond motifs is 1. The summed E-state index contributed by atoms with van der Waals surface area (Å²) >= 11 is 5.78. The first-order chi connectivity index (χ1) is 12.0. The van der Waals surface area contributed by atoms with E-state index in [9.17, 15) is 14.4 Å². The molecule has 0 bridgehead atoms. The van der Waals surface area contributed by atoms with Crippen LogP contribution in [-0.2, 0) is 9.59 Å². The van der Waals surface area contributed by atoms with Crippen LogP contribution in [0.25, 0.3) is 0 Å². The summed E-state index contributed by atoms with van der Waals surface area (Å²) in [5, 5.41) is 5.93. The average molecular weight is 359 g/mol.